The lowest BCUT2D eigenvalue weighted by atomic mass is 10.2. The fourth-order valence-corrected chi connectivity index (χ4v) is 1.31. The van der Waals surface area contributed by atoms with Crippen molar-refractivity contribution in [2.45, 2.75) is 13.1 Å². The summed E-state index contributed by atoms with van der Waals surface area (Å²) in [6, 6.07) is 1.96. The Morgan fingerprint density at radius 3 is 2.71 bits per heavy atom. The van der Waals surface area contributed by atoms with Gasteiger partial charge in [0.25, 0.3) is 0 Å². The van der Waals surface area contributed by atoms with E-state index in [-0.39, 0.29) is 13.2 Å². The second kappa shape index (κ2) is 6.91. The second-order valence-electron chi connectivity index (χ2n) is 4.05. The third-order valence-corrected chi connectivity index (χ3v) is 2.48. The molecule has 9 heteroatoms. The number of carboxylic acids is 1. The Kier molecular flexibility index (Phi) is 5.51. The summed E-state index contributed by atoms with van der Waals surface area (Å²) in [4.78, 5) is 25.3. The minimum Gasteiger partial charge on any atom is -0.481 e. The smallest absolute Gasteiger partial charge is 0.421 e. The number of carbonyl (C=O) groups is 2. The molecule has 1 atom stereocenters. The Bertz CT molecular complexity index is 519. The van der Waals surface area contributed by atoms with E-state index < -0.39 is 35.4 Å². The summed E-state index contributed by atoms with van der Waals surface area (Å²) in [7, 11) is 0. The highest BCUT2D eigenvalue weighted by atomic mass is 19.4. The van der Waals surface area contributed by atoms with E-state index >= 15 is 0 Å². The number of rotatable bonds is 6. The molecule has 0 spiro atoms. The van der Waals surface area contributed by atoms with Gasteiger partial charge in [-0.3, -0.25) is 9.59 Å². The predicted octanol–water partition coefficient (Wildman–Crippen LogP) is 1.32. The number of aromatic nitrogens is 1. The zero-order valence-electron chi connectivity index (χ0n) is 11.0. The molecule has 0 radical (unpaired) electrons. The van der Waals surface area contributed by atoms with Crippen LogP contribution in [0.25, 0.3) is 0 Å². The predicted molar refractivity (Wildman–Crippen MR) is 64.5 cm³/mol. The van der Waals surface area contributed by atoms with Crippen molar-refractivity contribution in [1.29, 1.82) is 0 Å². The van der Waals surface area contributed by atoms with Crippen LogP contribution in [0, 0.1) is 5.92 Å². The number of nitrogens with one attached hydrogen (secondary N) is 1. The number of hydrogen-bond acceptors (Lipinski definition) is 4. The van der Waals surface area contributed by atoms with Crippen LogP contribution < -0.4 is 10.1 Å². The van der Waals surface area contributed by atoms with Crippen LogP contribution in [0.3, 0.4) is 0 Å². The van der Waals surface area contributed by atoms with Gasteiger partial charge in [0.05, 0.1) is 6.54 Å². The van der Waals surface area contributed by atoms with Crippen LogP contribution in [0.2, 0.25) is 0 Å². The van der Waals surface area contributed by atoms with Gasteiger partial charge in [-0.05, 0) is 19.1 Å². The molecule has 116 valence electrons. The summed E-state index contributed by atoms with van der Waals surface area (Å²) in [5.74, 6) is -3.88. The van der Waals surface area contributed by atoms with Gasteiger partial charge in [-0.1, -0.05) is 0 Å². The van der Waals surface area contributed by atoms with Crippen molar-refractivity contribution < 1.29 is 32.6 Å². The summed E-state index contributed by atoms with van der Waals surface area (Å²) < 4.78 is 42.7. The normalized spacial score (nSPS) is 12.6. The van der Waals surface area contributed by atoms with Crippen LogP contribution in [-0.2, 0) is 15.8 Å². The fraction of sp³-hybridized carbons (Fsp3) is 0.417. The maximum absolute atomic E-state index is 12.6. The molecule has 0 bridgehead atoms. The number of ether oxygens (including phenoxy) is 1. The van der Waals surface area contributed by atoms with E-state index in [0.29, 0.717) is 0 Å². The van der Waals surface area contributed by atoms with E-state index in [9.17, 15) is 22.8 Å². The number of halogens is 3. The molecule has 0 aliphatic carbocycles. The highest BCUT2D eigenvalue weighted by molar-refractivity contribution is 5.96. The highest BCUT2D eigenvalue weighted by Gasteiger charge is 2.35. The molecule has 0 aliphatic heterocycles. The zero-order chi connectivity index (χ0) is 16.0. The van der Waals surface area contributed by atoms with Crippen LogP contribution in [0.5, 0.6) is 5.88 Å². The summed E-state index contributed by atoms with van der Waals surface area (Å²) in [5, 5.41) is 10.8. The first-order valence-electron chi connectivity index (χ1n) is 5.89. The summed E-state index contributed by atoms with van der Waals surface area (Å²) in [6.45, 7) is 0.793. The Morgan fingerprint density at radius 2 is 2.14 bits per heavy atom. The average Bonchev–Trinajstić information content (AvgIpc) is 2.41. The Balaban J connectivity index is 2.51. The molecule has 2 N–H and O–H groups in total. The van der Waals surface area contributed by atoms with Crippen LogP contribution >= 0.6 is 0 Å². The van der Waals surface area contributed by atoms with Crippen molar-refractivity contribution in [3.8, 4) is 5.88 Å². The standard InChI is InChI=1S/C12H13F3N2O4/c1-7(11(19)20)9(18)16-5-6-21-10-8(12(13,14)15)3-2-4-17-10/h2-4,7H,5-6H2,1H3,(H,16,18)(H,19,20). The number of nitrogens with zero attached hydrogens (tertiary/aromatic N) is 1. The van der Waals surface area contributed by atoms with Gasteiger partial charge in [-0.25, -0.2) is 4.98 Å². The largest absolute Gasteiger partial charge is 0.481 e. The van der Waals surface area contributed by atoms with E-state index in [1.54, 1.807) is 0 Å². The number of hydrogen-bond donors (Lipinski definition) is 2. The summed E-state index contributed by atoms with van der Waals surface area (Å²) in [5.41, 5.74) is -1.02. The van der Waals surface area contributed by atoms with Gasteiger partial charge >= 0.3 is 12.1 Å². The van der Waals surface area contributed by atoms with Crippen molar-refractivity contribution in [2.24, 2.45) is 5.92 Å². The molecule has 0 aliphatic rings. The number of amides is 1. The van der Waals surface area contributed by atoms with Gasteiger partial charge < -0.3 is 15.2 Å². The van der Waals surface area contributed by atoms with Crippen molar-refractivity contribution in [1.82, 2.24) is 10.3 Å². The van der Waals surface area contributed by atoms with E-state index in [1.165, 1.54) is 6.92 Å². The molecule has 1 aromatic heterocycles. The minimum absolute atomic E-state index is 0.135. The van der Waals surface area contributed by atoms with E-state index in [1.807, 2.05) is 0 Å². The lowest BCUT2D eigenvalue weighted by Crippen LogP contribution is -2.36. The quantitative estimate of drug-likeness (QED) is 0.611. The van der Waals surface area contributed by atoms with Gasteiger partial charge in [-0.15, -0.1) is 0 Å². The molecule has 21 heavy (non-hydrogen) atoms. The first-order valence-corrected chi connectivity index (χ1v) is 5.89. The number of carboxylic acid groups (broad SMARTS) is 1. The maximum atomic E-state index is 12.6. The molecule has 1 amide bonds. The SMILES string of the molecule is CC(C(=O)O)C(=O)NCCOc1ncccc1C(F)(F)F. The molecule has 1 aromatic rings. The molecule has 0 fully saturated rings. The molecule has 0 saturated heterocycles. The molecule has 1 unspecified atom stereocenters. The average molecular weight is 306 g/mol. The first kappa shape index (κ1) is 16.7. The highest BCUT2D eigenvalue weighted by Crippen LogP contribution is 2.34. The lowest BCUT2D eigenvalue weighted by molar-refractivity contribution is -0.146. The molecule has 0 saturated carbocycles. The number of alkyl halides is 3. The molecule has 1 heterocycles. The Hall–Kier alpha value is -2.32. The van der Waals surface area contributed by atoms with E-state index in [2.05, 4.69) is 10.3 Å². The third-order valence-electron chi connectivity index (χ3n) is 2.48. The molecular weight excluding hydrogens is 293 g/mol. The van der Waals surface area contributed by atoms with Gasteiger partial charge in [-0.2, -0.15) is 13.2 Å². The Labute approximate surface area is 117 Å². The molecule has 0 aromatic carbocycles. The maximum Gasteiger partial charge on any atom is 0.421 e. The van der Waals surface area contributed by atoms with Crippen molar-refractivity contribution in [2.75, 3.05) is 13.2 Å². The fourth-order valence-electron chi connectivity index (χ4n) is 1.31. The number of carbonyl (C=O) groups excluding carboxylic acids is 1. The van der Waals surface area contributed by atoms with Gasteiger partial charge in [0, 0.05) is 6.20 Å². The number of pyridine rings is 1. The molecule has 1 rings (SSSR count). The minimum atomic E-state index is -4.59. The topological polar surface area (TPSA) is 88.5 Å². The van der Waals surface area contributed by atoms with E-state index in [0.717, 1.165) is 18.3 Å². The van der Waals surface area contributed by atoms with E-state index in [4.69, 9.17) is 9.84 Å². The third kappa shape index (κ3) is 4.93. The Morgan fingerprint density at radius 1 is 1.48 bits per heavy atom. The molecular formula is C12H13F3N2O4. The van der Waals surface area contributed by atoms with Gasteiger partial charge in [0.1, 0.15) is 18.1 Å². The van der Waals surface area contributed by atoms with Crippen LogP contribution in [0.1, 0.15) is 12.5 Å². The molecule has 6 nitrogen and oxygen atoms in total. The summed E-state index contributed by atoms with van der Waals surface area (Å²) in [6.07, 6.45) is -3.44. The second-order valence-corrected chi connectivity index (χ2v) is 4.05. The van der Waals surface area contributed by atoms with Gasteiger partial charge in [0.2, 0.25) is 11.8 Å². The van der Waals surface area contributed by atoms with Crippen molar-refractivity contribution in [3.05, 3.63) is 23.9 Å². The zero-order valence-corrected chi connectivity index (χ0v) is 11.0. The van der Waals surface area contributed by atoms with Crippen LogP contribution in [0.15, 0.2) is 18.3 Å². The van der Waals surface area contributed by atoms with Crippen molar-refractivity contribution >= 4 is 11.9 Å². The van der Waals surface area contributed by atoms with Crippen LogP contribution in [-0.4, -0.2) is 35.1 Å². The number of aliphatic carboxylic acids is 1. The lowest BCUT2D eigenvalue weighted by Gasteiger charge is -2.13. The monoisotopic (exact) mass is 306 g/mol. The van der Waals surface area contributed by atoms with Crippen LogP contribution in [0.4, 0.5) is 13.2 Å². The van der Waals surface area contributed by atoms with Crippen molar-refractivity contribution in [3.63, 3.8) is 0 Å². The van der Waals surface area contributed by atoms with Gasteiger partial charge in [0.15, 0.2) is 0 Å². The first-order chi connectivity index (χ1) is 9.73. The summed E-state index contributed by atoms with van der Waals surface area (Å²) >= 11 is 0.